The van der Waals surface area contributed by atoms with Crippen LogP contribution in [0, 0.1) is 0 Å². The fourth-order valence-corrected chi connectivity index (χ4v) is 1.80. The van der Waals surface area contributed by atoms with Gasteiger partial charge in [0.05, 0.1) is 0 Å². The van der Waals surface area contributed by atoms with Crippen molar-refractivity contribution in [2.24, 2.45) is 0 Å². The molecule has 0 atom stereocenters. The van der Waals surface area contributed by atoms with Crippen molar-refractivity contribution in [3.05, 3.63) is 35.4 Å². The maximum Gasteiger partial charge on any atom is -0.0159 e. The Bertz CT molecular complexity index is 248. The third kappa shape index (κ3) is 1.38. The second kappa shape index (κ2) is 2.93. The highest BCUT2D eigenvalue weighted by Gasteiger charge is 2.25. The standard InChI is InChI=1S/C12H16/c1-9(2)11-5-3-4-6-12(11)10-7-8-10/h3-6,9-10H,7-8H2,1-2H3. The third-order valence-electron chi connectivity index (χ3n) is 2.64. The fraction of sp³-hybridized carbons (Fsp3) is 0.500. The molecule has 0 aromatic heterocycles. The lowest BCUT2D eigenvalue weighted by atomic mass is 9.95. The van der Waals surface area contributed by atoms with E-state index in [2.05, 4.69) is 38.1 Å². The lowest BCUT2D eigenvalue weighted by molar-refractivity contribution is 0.842. The van der Waals surface area contributed by atoms with Crippen LogP contribution in [0.5, 0.6) is 0 Å². The zero-order valence-electron chi connectivity index (χ0n) is 7.88. The smallest absolute Gasteiger partial charge is 0.0159 e. The third-order valence-corrected chi connectivity index (χ3v) is 2.64. The van der Waals surface area contributed by atoms with Gasteiger partial charge in [-0.25, -0.2) is 0 Å². The predicted molar refractivity (Wildman–Crippen MR) is 52.5 cm³/mol. The van der Waals surface area contributed by atoms with Crippen molar-refractivity contribution in [1.82, 2.24) is 0 Å². The van der Waals surface area contributed by atoms with Gasteiger partial charge in [0.1, 0.15) is 0 Å². The zero-order valence-corrected chi connectivity index (χ0v) is 7.88. The highest BCUT2D eigenvalue weighted by Crippen LogP contribution is 2.42. The molecule has 64 valence electrons. The predicted octanol–water partition coefficient (Wildman–Crippen LogP) is 3.69. The Morgan fingerprint density at radius 2 is 1.83 bits per heavy atom. The van der Waals surface area contributed by atoms with E-state index in [-0.39, 0.29) is 0 Å². The van der Waals surface area contributed by atoms with E-state index in [1.807, 2.05) is 0 Å². The largest absolute Gasteiger partial charge is 0.0620 e. The number of hydrogen-bond donors (Lipinski definition) is 0. The molecule has 0 unspecified atom stereocenters. The fourth-order valence-electron chi connectivity index (χ4n) is 1.80. The highest BCUT2D eigenvalue weighted by atomic mass is 14.3. The van der Waals surface area contributed by atoms with Crippen molar-refractivity contribution in [2.75, 3.05) is 0 Å². The van der Waals surface area contributed by atoms with E-state index in [0.29, 0.717) is 5.92 Å². The van der Waals surface area contributed by atoms with E-state index >= 15 is 0 Å². The van der Waals surface area contributed by atoms with E-state index < -0.39 is 0 Å². The van der Waals surface area contributed by atoms with E-state index in [1.54, 1.807) is 11.1 Å². The summed E-state index contributed by atoms with van der Waals surface area (Å²) in [5.74, 6) is 1.57. The summed E-state index contributed by atoms with van der Waals surface area (Å²) in [5, 5.41) is 0. The van der Waals surface area contributed by atoms with Crippen molar-refractivity contribution in [3.8, 4) is 0 Å². The molecule has 0 bridgehead atoms. The van der Waals surface area contributed by atoms with Gasteiger partial charge in [0.25, 0.3) is 0 Å². The second-order valence-corrected chi connectivity index (χ2v) is 4.06. The van der Waals surface area contributed by atoms with Gasteiger partial charge >= 0.3 is 0 Å². The van der Waals surface area contributed by atoms with E-state index in [1.165, 1.54) is 12.8 Å². The monoisotopic (exact) mass is 160 g/mol. The topological polar surface area (TPSA) is 0 Å². The van der Waals surface area contributed by atoms with Gasteiger partial charge in [-0.3, -0.25) is 0 Å². The van der Waals surface area contributed by atoms with Crippen LogP contribution in [0.25, 0.3) is 0 Å². The molecule has 0 radical (unpaired) electrons. The van der Waals surface area contributed by atoms with Gasteiger partial charge in [-0.2, -0.15) is 0 Å². The lowest BCUT2D eigenvalue weighted by Crippen LogP contribution is -1.93. The van der Waals surface area contributed by atoms with Crippen LogP contribution in [0.4, 0.5) is 0 Å². The molecule has 1 aliphatic carbocycles. The summed E-state index contributed by atoms with van der Waals surface area (Å²) in [6.45, 7) is 4.56. The Morgan fingerprint density at radius 1 is 1.17 bits per heavy atom. The summed E-state index contributed by atoms with van der Waals surface area (Å²) in [5.41, 5.74) is 3.16. The van der Waals surface area contributed by atoms with Crippen LogP contribution in [-0.4, -0.2) is 0 Å². The average Bonchev–Trinajstić information content (AvgIpc) is 2.87. The molecule has 0 saturated heterocycles. The first kappa shape index (κ1) is 7.85. The second-order valence-electron chi connectivity index (χ2n) is 4.06. The molecule has 12 heavy (non-hydrogen) atoms. The van der Waals surface area contributed by atoms with Crippen LogP contribution in [0.2, 0.25) is 0 Å². The maximum absolute atomic E-state index is 2.30. The van der Waals surface area contributed by atoms with E-state index in [0.717, 1.165) is 5.92 Å². The van der Waals surface area contributed by atoms with Gasteiger partial charge < -0.3 is 0 Å². The molecule has 0 nitrogen and oxygen atoms in total. The molecule has 0 N–H and O–H groups in total. The van der Waals surface area contributed by atoms with Crippen molar-refractivity contribution in [1.29, 1.82) is 0 Å². The quantitative estimate of drug-likeness (QED) is 0.619. The van der Waals surface area contributed by atoms with Crippen molar-refractivity contribution >= 4 is 0 Å². The van der Waals surface area contributed by atoms with Crippen LogP contribution in [0.15, 0.2) is 24.3 Å². The first-order chi connectivity index (χ1) is 5.79. The Kier molecular flexibility index (Phi) is 1.92. The van der Waals surface area contributed by atoms with Gasteiger partial charge in [0.2, 0.25) is 0 Å². The number of benzene rings is 1. The Labute approximate surface area is 74.6 Å². The minimum atomic E-state index is 0.682. The number of rotatable bonds is 2. The lowest BCUT2D eigenvalue weighted by Gasteiger charge is -2.11. The Balaban J connectivity index is 2.36. The van der Waals surface area contributed by atoms with Crippen LogP contribution in [0.1, 0.15) is 49.7 Å². The molecule has 0 aliphatic heterocycles. The molecule has 0 spiro atoms. The molecule has 1 saturated carbocycles. The van der Waals surface area contributed by atoms with Crippen LogP contribution in [-0.2, 0) is 0 Å². The van der Waals surface area contributed by atoms with Crippen LogP contribution in [0.3, 0.4) is 0 Å². The molecule has 0 heterocycles. The Hall–Kier alpha value is -0.780. The molecule has 1 aromatic rings. The molecule has 1 fully saturated rings. The first-order valence-electron chi connectivity index (χ1n) is 4.88. The summed E-state index contributed by atoms with van der Waals surface area (Å²) >= 11 is 0. The molecular weight excluding hydrogens is 144 g/mol. The minimum Gasteiger partial charge on any atom is -0.0620 e. The van der Waals surface area contributed by atoms with Gasteiger partial charge in [-0.1, -0.05) is 38.1 Å². The van der Waals surface area contributed by atoms with Crippen molar-refractivity contribution in [3.63, 3.8) is 0 Å². The highest BCUT2D eigenvalue weighted by molar-refractivity contribution is 5.35. The van der Waals surface area contributed by atoms with Crippen molar-refractivity contribution in [2.45, 2.75) is 38.5 Å². The van der Waals surface area contributed by atoms with Gasteiger partial charge in [-0.15, -0.1) is 0 Å². The van der Waals surface area contributed by atoms with Crippen molar-refractivity contribution < 1.29 is 0 Å². The zero-order chi connectivity index (χ0) is 8.55. The summed E-state index contributed by atoms with van der Waals surface area (Å²) in [7, 11) is 0. The normalized spacial score (nSPS) is 16.9. The summed E-state index contributed by atoms with van der Waals surface area (Å²) in [6, 6.07) is 8.89. The van der Waals surface area contributed by atoms with Gasteiger partial charge in [0, 0.05) is 0 Å². The molecular formula is C12H16. The average molecular weight is 160 g/mol. The summed E-state index contributed by atoms with van der Waals surface area (Å²) < 4.78 is 0. The Morgan fingerprint density at radius 3 is 2.42 bits per heavy atom. The molecule has 0 amide bonds. The van der Waals surface area contributed by atoms with Gasteiger partial charge in [0.15, 0.2) is 0 Å². The number of hydrogen-bond acceptors (Lipinski definition) is 0. The summed E-state index contributed by atoms with van der Waals surface area (Å²) in [4.78, 5) is 0. The van der Waals surface area contributed by atoms with Gasteiger partial charge in [-0.05, 0) is 35.8 Å². The first-order valence-corrected chi connectivity index (χ1v) is 4.88. The van der Waals surface area contributed by atoms with Crippen LogP contribution >= 0.6 is 0 Å². The maximum atomic E-state index is 2.30. The summed E-state index contributed by atoms with van der Waals surface area (Å²) in [6.07, 6.45) is 2.81. The van der Waals surface area contributed by atoms with E-state index in [9.17, 15) is 0 Å². The molecule has 1 aliphatic rings. The molecule has 2 rings (SSSR count). The molecule has 0 heteroatoms. The van der Waals surface area contributed by atoms with Crippen LogP contribution < -0.4 is 0 Å². The van der Waals surface area contributed by atoms with E-state index in [4.69, 9.17) is 0 Å². The molecule has 1 aromatic carbocycles. The minimum absolute atomic E-state index is 0.682. The SMILES string of the molecule is CC(C)c1ccccc1C1CC1.